The molecular formula is C32H35F4N3O3. The molecule has 2 amide bonds. The topological polar surface area (TPSA) is 82.5 Å². The molecule has 2 aromatic carbocycles. The van der Waals surface area contributed by atoms with E-state index in [0.717, 1.165) is 17.7 Å². The third-order valence-electron chi connectivity index (χ3n) is 9.46. The number of nitrogens with one attached hydrogen (secondary N) is 1. The predicted octanol–water partition coefficient (Wildman–Crippen LogP) is 6.12. The lowest BCUT2D eigenvalue weighted by Crippen LogP contribution is -2.57. The SMILES string of the molecule is CCC1(CC)CN(Cc2ccc(C(F)(F)F)cc2)CC[C@]1(O)c1ccc2nc(C)c(C3CCC(=O)NC3=O)cc2c1F. The van der Waals surface area contributed by atoms with Gasteiger partial charge >= 0.3 is 6.18 Å². The van der Waals surface area contributed by atoms with Crippen molar-refractivity contribution in [3.63, 3.8) is 0 Å². The van der Waals surface area contributed by atoms with Gasteiger partial charge in [0, 0.05) is 48.1 Å². The Bertz CT molecular complexity index is 1520. The maximum atomic E-state index is 16.5. The molecule has 1 aromatic heterocycles. The number of pyridine rings is 1. The molecule has 2 fully saturated rings. The number of aliphatic hydroxyl groups is 1. The van der Waals surface area contributed by atoms with E-state index in [1.165, 1.54) is 12.1 Å². The van der Waals surface area contributed by atoms with Crippen LogP contribution in [0.3, 0.4) is 0 Å². The standard InChI is InChI=1S/C32H35F4N3O3/c1-4-30(5-2)18-39(17-20-6-8-21(9-7-20)32(34,35)36)15-14-31(30,42)25-11-12-26-24(28(25)33)16-23(19(3)37-26)22-10-13-27(40)38-29(22)41/h6-9,11-12,16,22,42H,4-5,10,13-15,17-18H2,1-3H3,(H,38,40,41)/t22?,31-/m0/s1. The van der Waals surface area contributed by atoms with Gasteiger partial charge in [-0.15, -0.1) is 0 Å². The van der Waals surface area contributed by atoms with E-state index < -0.39 is 40.4 Å². The van der Waals surface area contributed by atoms with Gasteiger partial charge in [0.2, 0.25) is 11.8 Å². The molecule has 2 aliphatic heterocycles. The number of nitrogens with zero attached hydrogens (tertiary/aromatic N) is 2. The summed E-state index contributed by atoms with van der Waals surface area (Å²) in [5.41, 5.74) is -0.488. The van der Waals surface area contributed by atoms with Crippen molar-refractivity contribution < 1.29 is 32.3 Å². The minimum atomic E-state index is -4.40. The highest BCUT2D eigenvalue weighted by molar-refractivity contribution is 6.01. The van der Waals surface area contributed by atoms with Crippen LogP contribution in [-0.2, 0) is 27.9 Å². The van der Waals surface area contributed by atoms with Crippen LogP contribution in [0.2, 0.25) is 0 Å². The van der Waals surface area contributed by atoms with Gasteiger partial charge in [0.25, 0.3) is 0 Å². The number of hydrogen-bond donors (Lipinski definition) is 2. The number of fused-ring (bicyclic) bond motifs is 1. The van der Waals surface area contributed by atoms with Crippen LogP contribution in [0.25, 0.3) is 10.9 Å². The first-order chi connectivity index (χ1) is 19.8. The molecular weight excluding hydrogens is 550 g/mol. The van der Waals surface area contributed by atoms with Crippen LogP contribution in [0.1, 0.15) is 79.8 Å². The number of alkyl halides is 3. The van der Waals surface area contributed by atoms with Crippen LogP contribution in [0, 0.1) is 18.2 Å². The number of hydrogen-bond acceptors (Lipinski definition) is 5. The molecule has 6 nitrogen and oxygen atoms in total. The van der Waals surface area contributed by atoms with Gasteiger partial charge in [0.15, 0.2) is 0 Å². The van der Waals surface area contributed by atoms with Crippen molar-refractivity contribution in [2.45, 2.75) is 77.1 Å². The molecule has 3 aromatic rings. The number of aromatic nitrogens is 1. The molecule has 0 spiro atoms. The van der Waals surface area contributed by atoms with Gasteiger partial charge in [0.05, 0.1) is 17.0 Å². The van der Waals surface area contributed by atoms with Crippen LogP contribution >= 0.6 is 0 Å². The first-order valence-electron chi connectivity index (χ1n) is 14.4. The molecule has 2 saturated heterocycles. The van der Waals surface area contributed by atoms with Crippen molar-refractivity contribution in [2.75, 3.05) is 13.1 Å². The maximum Gasteiger partial charge on any atom is 0.416 e. The molecule has 2 atom stereocenters. The predicted molar refractivity (Wildman–Crippen MR) is 150 cm³/mol. The zero-order valence-electron chi connectivity index (χ0n) is 23.9. The zero-order chi connectivity index (χ0) is 30.4. The number of carbonyl (C=O) groups is 2. The van der Waals surface area contributed by atoms with E-state index in [2.05, 4.69) is 15.2 Å². The molecule has 42 heavy (non-hydrogen) atoms. The highest BCUT2D eigenvalue weighted by Gasteiger charge is 2.53. The van der Waals surface area contributed by atoms with Crippen LogP contribution < -0.4 is 5.32 Å². The summed E-state index contributed by atoms with van der Waals surface area (Å²) in [5, 5.41) is 14.9. The first-order valence-corrected chi connectivity index (χ1v) is 14.4. The number of amides is 2. The number of benzene rings is 2. The van der Waals surface area contributed by atoms with Crippen molar-refractivity contribution in [2.24, 2.45) is 5.41 Å². The third kappa shape index (κ3) is 5.19. The zero-order valence-corrected chi connectivity index (χ0v) is 23.9. The van der Waals surface area contributed by atoms with E-state index >= 15 is 4.39 Å². The van der Waals surface area contributed by atoms with Crippen LogP contribution in [-0.4, -0.2) is 39.9 Å². The number of aryl methyl sites for hydroxylation is 1. The Hall–Kier alpha value is -3.37. The summed E-state index contributed by atoms with van der Waals surface area (Å²) in [4.78, 5) is 30.9. The van der Waals surface area contributed by atoms with Crippen molar-refractivity contribution in [1.29, 1.82) is 0 Å². The minimum absolute atomic E-state index is 0.174. The summed E-state index contributed by atoms with van der Waals surface area (Å²) < 4.78 is 55.5. The Morgan fingerprint density at radius 2 is 1.79 bits per heavy atom. The van der Waals surface area contributed by atoms with E-state index in [-0.39, 0.29) is 29.7 Å². The summed E-state index contributed by atoms with van der Waals surface area (Å²) in [7, 11) is 0. The van der Waals surface area contributed by atoms with Crippen LogP contribution in [0.5, 0.6) is 0 Å². The molecule has 224 valence electrons. The molecule has 10 heteroatoms. The average molecular weight is 586 g/mol. The van der Waals surface area contributed by atoms with Crippen molar-refractivity contribution in [3.05, 3.63) is 76.2 Å². The number of rotatable bonds is 6. The Morgan fingerprint density at radius 1 is 1.10 bits per heavy atom. The number of likely N-dealkylation sites (tertiary alicyclic amines) is 1. The molecule has 0 bridgehead atoms. The summed E-state index contributed by atoms with van der Waals surface area (Å²) in [6.45, 7) is 6.94. The molecule has 3 heterocycles. The number of halogens is 4. The molecule has 5 rings (SSSR count). The van der Waals surface area contributed by atoms with Crippen molar-refractivity contribution in [1.82, 2.24) is 15.2 Å². The fourth-order valence-corrected chi connectivity index (χ4v) is 6.88. The fraction of sp³-hybridized carbons (Fsp3) is 0.469. The number of piperidine rings is 2. The Kier molecular flexibility index (Phi) is 7.91. The summed E-state index contributed by atoms with van der Waals surface area (Å²) in [6.07, 6.45) is -2.57. The van der Waals surface area contributed by atoms with E-state index in [1.54, 1.807) is 25.1 Å². The second kappa shape index (κ2) is 11.0. The molecule has 1 unspecified atom stereocenters. The van der Waals surface area contributed by atoms with Crippen LogP contribution in [0.4, 0.5) is 17.6 Å². The van der Waals surface area contributed by atoms with Gasteiger partial charge < -0.3 is 5.11 Å². The summed E-state index contributed by atoms with van der Waals surface area (Å²) >= 11 is 0. The van der Waals surface area contributed by atoms with Gasteiger partial charge in [-0.2, -0.15) is 13.2 Å². The molecule has 2 N–H and O–H groups in total. The largest absolute Gasteiger partial charge is 0.416 e. The highest BCUT2D eigenvalue weighted by Crippen LogP contribution is 2.52. The summed E-state index contributed by atoms with van der Waals surface area (Å²) in [5.74, 6) is -1.97. The number of carbonyl (C=O) groups excluding carboxylic acids is 2. The lowest BCUT2D eigenvalue weighted by molar-refractivity contribution is -0.150. The molecule has 0 aliphatic carbocycles. The Morgan fingerprint density at radius 3 is 2.40 bits per heavy atom. The second-order valence-electron chi connectivity index (χ2n) is 11.7. The highest BCUT2D eigenvalue weighted by atomic mass is 19.4. The maximum absolute atomic E-state index is 16.5. The Labute approximate surface area is 242 Å². The smallest absolute Gasteiger partial charge is 0.384 e. The molecule has 0 radical (unpaired) electrons. The molecule has 2 aliphatic rings. The van der Waals surface area contributed by atoms with E-state index in [0.29, 0.717) is 55.7 Å². The molecule has 0 saturated carbocycles. The number of imide groups is 1. The van der Waals surface area contributed by atoms with Crippen molar-refractivity contribution in [3.8, 4) is 0 Å². The van der Waals surface area contributed by atoms with Gasteiger partial charge in [-0.3, -0.25) is 24.8 Å². The Balaban J connectivity index is 1.48. The quantitative estimate of drug-likeness (QED) is 0.269. The minimum Gasteiger partial charge on any atom is -0.384 e. The monoisotopic (exact) mass is 585 g/mol. The van der Waals surface area contributed by atoms with Crippen molar-refractivity contribution >= 4 is 22.7 Å². The van der Waals surface area contributed by atoms with E-state index in [1.807, 2.05) is 13.8 Å². The lowest BCUT2D eigenvalue weighted by atomic mass is 9.61. The third-order valence-corrected chi connectivity index (χ3v) is 9.46. The average Bonchev–Trinajstić information content (AvgIpc) is 2.94. The van der Waals surface area contributed by atoms with Gasteiger partial charge in [-0.05, 0) is 68.0 Å². The van der Waals surface area contributed by atoms with Gasteiger partial charge in [0.1, 0.15) is 11.4 Å². The second-order valence-corrected chi connectivity index (χ2v) is 11.7. The summed E-state index contributed by atoms with van der Waals surface area (Å²) in [6, 6.07) is 10.0. The van der Waals surface area contributed by atoms with Gasteiger partial charge in [-0.25, -0.2) is 4.39 Å². The first kappa shape index (κ1) is 30.1. The van der Waals surface area contributed by atoms with Gasteiger partial charge in [-0.1, -0.05) is 32.0 Å². The van der Waals surface area contributed by atoms with Crippen LogP contribution in [0.15, 0.2) is 42.5 Å². The normalized spacial score (nSPS) is 23.3. The van der Waals surface area contributed by atoms with E-state index in [4.69, 9.17) is 0 Å². The fourth-order valence-electron chi connectivity index (χ4n) is 6.88. The lowest BCUT2D eigenvalue weighted by Gasteiger charge is -2.54. The van der Waals surface area contributed by atoms with E-state index in [9.17, 15) is 27.9 Å².